The van der Waals surface area contributed by atoms with Crippen LogP contribution in [0.5, 0.6) is 0 Å². The third-order valence-electron chi connectivity index (χ3n) is 3.86. The van der Waals surface area contributed by atoms with Gasteiger partial charge in [0.05, 0.1) is 10.5 Å². The maximum absolute atomic E-state index is 12.4. The number of carboxylic acids is 1. The highest BCUT2D eigenvalue weighted by molar-refractivity contribution is 7.89. The summed E-state index contributed by atoms with van der Waals surface area (Å²) in [6, 6.07) is 13.3. The molecule has 0 aliphatic rings. The number of rotatable bonds is 8. The van der Waals surface area contributed by atoms with Crippen molar-refractivity contribution in [1.82, 2.24) is 4.72 Å². The first-order valence-corrected chi connectivity index (χ1v) is 9.49. The Bertz CT molecular complexity index is 835. The molecule has 1 unspecified atom stereocenters. The van der Waals surface area contributed by atoms with Gasteiger partial charge in [-0.1, -0.05) is 37.3 Å². The maximum Gasteiger partial charge on any atom is 0.337 e. The van der Waals surface area contributed by atoms with Crippen LogP contribution in [-0.2, 0) is 16.6 Å². The first kappa shape index (κ1) is 19.0. The summed E-state index contributed by atoms with van der Waals surface area (Å²) in [6.45, 7) is 4.04. The van der Waals surface area contributed by atoms with Crippen molar-refractivity contribution in [1.29, 1.82) is 0 Å². The van der Waals surface area contributed by atoms with Crippen LogP contribution in [-0.4, -0.2) is 25.5 Å². The van der Waals surface area contributed by atoms with Gasteiger partial charge >= 0.3 is 5.97 Å². The zero-order valence-electron chi connectivity index (χ0n) is 14.2. The molecule has 0 amide bonds. The molecule has 0 fully saturated rings. The first-order valence-electron chi connectivity index (χ1n) is 8.01. The van der Waals surface area contributed by atoms with Crippen molar-refractivity contribution in [3.8, 4) is 0 Å². The third-order valence-corrected chi connectivity index (χ3v) is 5.25. The fraction of sp³-hybridized carbons (Fsp3) is 0.278. The van der Waals surface area contributed by atoms with Gasteiger partial charge in [0.25, 0.3) is 0 Å². The van der Waals surface area contributed by atoms with E-state index in [1.165, 1.54) is 18.2 Å². The third kappa shape index (κ3) is 5.04. The van der Waals surface area contributed by atoms with E-state index < -0.39 is 16.0 Å². The van der Waals surface area contributed by atoms with Crippen LogP contribution in [0.3, 0.4) is 0 Å². The van der Waals surface area contributed by atoms with E-state index in [1.54, 1.807) is 0 Å². The Labute approximate surface area is 147 Å². The van der Waals surface area contributed by atoms with E-state index in [0.29, 0.717) is 5.69 Å². The lowest BCUT2D eigenvalue weighted by atomic mass is 10.1. The Morgan fingerprint density at radius 1 is 1.16 bits per heavy atom. The van der Waals surface area contributed by atoms with Crippen LogP contribution in [0.25, 0.3) is 0 Å². The summed E-state index contributed by atoms with van der Waals surface area (Å²) in [5.74, 6) is -1.18. The van der Waals surface area contributed by atoms with Crippen LogP contribution in [0, 0.1) is 0 Å². The van der Waals surface area contributed by atoms with Crippen molar-refractivity contribution in [2.24, 2.45) is 0 Å². The molecule has 0 saturated heterocycles. The lowest BCUT2D eigenvalue weighted by Gasteiger charge is -2.16. The molecule has 2 aromatic rings. The molecule has 2 rings (SSSR count). The molecule has 7 heteroatoms. The minimum Gasteiger partial charge on any atom is -0.478 e. The van der Waals surface area contributed by atoms with Crippen LogP contribution in [0.1, 0.15) is 36.2 Å². The van der Waals surface area contributed by atoms with E-state index in [4.69, 9.17) is 0 Å². The largest absolute Gasteiger partial charge is 0.478 e. The second-order valence-corrected chi connectivity index (χ2v) is 7.54. The molecular formula is C18H22N2O4S. The summed E-state index contributed by atoms with van der Waals surface area (Å²) in [7, 11) is -3.81. The van der Waals surface area contributed by atoms with E-state index in [0.717, 1.165) is 12.0 Å². The van der Waals surface area contributed by atoms with Crippen molar-refractivity contribution in [2.45, 2.75) is 37.8 Å². The van der Waals surface area contributed by atoms with Gasteiger partial charge in [0.1, 0.15) is 0 Å². The molecule has 1 atom stereocenters. The first-order chi connectivity index (χ1) is 11.8. The number of benzene rings is 2. The van der Waals surface area contributed by atoms with Crippen LogP contribution >= 0.6 is 0 Å². The quantitative estimate of drug-likeness (QED) is 0.671. The standard InChI is InChI=1S/C18H22N2O4S/c1-3-13(2)20-17-10-9-15(11-16(17)18(21)22)25(23,24)19-12-14-7-5-4-6-8-14/h4-11,13,19-20H,3,12H2,1-2H3,(H,21,22). The molecule has 3 N–H and O–H groups in total. The maximum atomic E-state index is 12.4. The predicted molar refractivity (Wildman–Crippen MR) is 97.2 cm³/mol. The molecule has 0 aliphatic carbocycles. The number of sulfonamides is 1. The summed E-state index contributed by atoms with van der Waals surface area (Å²) in [5.41, 5.74) is 1.16. The molecule has 0 spiro atoms. The Morgan fingerprint density at radius 3 is 2.44 bits per heavy atom. The molecule has 0 heterocycles. The van der Waals surface area contributed by atoms with E-state index in [9.17, 15) is 18.3 Å². The monoisotopic (exact) mass is 362 g/mol. The molecular weight excluding hydrogens is 340 g/mol. The summed E-state index contributed by atoms with van der Waals surface area (Å²) < 4.78 is 27.4. The highest BCUT2D eigenvalue weighted by atomic mass is 32.2. The fourth-order valence-electron chi connectivity index (χ4n) is 2.22. The van der Waals surface area contributed by atoms with Gasteiger partial charge in [-0.05, 0) is 37.1 Å². The van der Waals surface area contributed by atoms with Gasteiger partial charge in [-0.25, -0.2) is 17.9 Å². The van der Waals surface area contributed by atoms with Gasteiger partial charge in [0.15, 0.2) is 0 Å². The lowest BCUT2D eigenvalue weighted by Crippen LogP contribution is -2.24. The number of carboxylic acid groups (broad SMARTS) is 1. The molecule has 6 nitrogen and oxygen atoms in total. The van der Waals surface area contributed by atoms with Gasteiger partial charge in [0.2, 0.25) is 10.0 Å². The van der Waals surface area contributed by atoms with Gasteiger partial charge in [-0.15, -0.1) is 0 Å². The fourth-order valence-corrected chi connectivity index (χ4v) is 3.26. The van der Waals surface area contributed by atoms with Crippen LogP contribution < -0.4 is 10.0 Å². The Kier molecular flexibility index (Phi) is 6.17. The summed E-state index contributed by atoms with van der Waals surface area (Å²) in [4.78, 5) is 11.4. The molecule has 25 heavy (non-hydrogen) atoms. The number of carbonyl (C=O) groups is 1. The molecule has 0 saturated carbocycles. The normalized spacial score (nSPS) is 12.6. The van der Waals surface area contributed by atoms with Gasteiger partial charge in [0, 0.05) is 18.3 Å². The topological polar surface area (TPSA) is 95.5 Å². The number of hydrogen-bond acceptors (Lipinski definition) is 4. The Hall–Kier alpha value is -2.38. The van der Waals surface area contributed by atoms with E-state index >= 15 is 0 Å². The van der Waals surface area contributed by atoms with E-state index in [-0.39, 0.29) is 23.0 Å². The van der Waals surface area contributed by atoms with Crippen LogP contribution in [0.4, 0.5) is 5.69 Å². The highest BCUT2D eigenvalue weighted by Crippen LogP contribution is 2.22. The zero-order valence-corrected chi connectivity index (χ0v) is 15.0. The zero-order chi connectivity index (χ0) is 18.4. The molecule has 134 valence electrons. The summed E-state index contributed by atoms with van der Waals surface area (Å²) in [5, 5.41) is 12.5. The molecule has 0 bridgehead atoms. The van der Waals surface area contributed by atoms with Gasteiger partial charge in [-0.2, -0.15) is 0 Å². The van der Waals surface area contributed by atoms with E-state index in [1.807, 2.05) is 44.2 Å². The predicted octanol–water partition coefficient (Wildman–Crippen LogP) is 3.07. The van der Waals surface area contributed by atoms with Gasteiger partial charge in [-0.3, -0.25) is 0 Å². The highest BCUT2D eigenvalue weighted by Gasteiger charge is 2.19. The molecule has 0 aromatic heterocycles. The second-order valence-electron chi connectivity index (χ2n) is 5.78. The smallest absolute Gasteiger partial charge is 0.337 e. The van der Waals surface area contributed by atoms with Crippen molar-refractivity contribution >= 4 is 21.7 Å². The molecule has 0 radical (unpaired) electrons. The lowest BCUT2D eigenvalue weighted by molar-refractivity contribution is 0.0697. The summed E-state index contributed by atoms with van der Waals surface area (Å²) >= 11 is 0. The van der Waals surface area contributed by atoms with Gasteiger partial charge < -0.3 is 10.4 Å². The Balaban J connectivity index is 2.25. The number of nitrogens with one attached hydrogen (secondary N) is 2. The number of aromatic carboxylic acids is 1. The SMILES string of the molecule is CCC(C)Nc1ccc(S(=O)(=O)NCc2ccccc2)cc1C(=O)O. The van der Waals surface area contributed by atoms with E-state index in [2.05, 4.69) is 10.0 Å². The second kappa shape index (κ2) is 8.13. The van der Waals surface area contributed by atoms with Crippen LogP contribution in [0.2, 0.25) is 0 Å². The van der Waals surface area contributed by atoms with Crippen molar-refractivity contribution < 1.29 is 18.3 Å². The Morgan fingerprint density at radius 2 is 1.84 bits per heavy atom. The minimum absolute atomic E-state index is 0.0668. The average Bonchev–Trinajstić information content (AvgIpc) is 2.60. The number of anilines is 1. The van der Waals surface area contributed by atoms with Crippen LogP contribution in [0.15, 0.2) is 53.4 Å². The number of hydrogen-bond donors (Lipinski definition) is 3. The summed E-state index contributed by atoms with van der Waals surface area (Å²) in [6.07, 6.45) is 0.817. The average molecular weight is 362 g/mol. The molecule has 2 aromatic carbocycles. The minimum atomic E-state index is -3.81. The molecule has 0 aliphatic heterocycles. The van der Waals surface area contributed by atoms with Crippen molar-refractivity contribution in [3.05, 3.63) is 59.7 Å². The van der Waals surface area contributed by atoms with Crippen molar-refractivity contribution in [2.75, 3.05) is 5.32 Å². The van der Waals surface area contributed by atoms with Crippen molar-refractivity contribution in [3.63, 3.8) is 0 Å².